The maximum absolute atomic E-state index is 11.1. The Morgan fingerprint density at radius 2 is 2.07 bits per heavy atom. The molecule has 0 spiro atoms. The first-order valence-corrected chi connectivity index (χ1v) is 7.01. The summed E-state index contributed by atoms with van der Waals surface area (Å²) >= 11 is 2.01. The molecule has 2 atom stereocenters. The number of rotatable bonds is 2. The number of hydrogen-bond donors (Lipinski definition) is 1. The SMILES string of the molecule is O=C(O)C1CCCN1C1CCCSCC1. The third-order valence-corrected chi connectivity index (χ3v) is 4.57. The summed E-state index contributed by atoms with van der Waals surface area (Å²) in [6, 6.07) is 0.335. The summed E-state index contributed by atoms with van der Waals surface area (Å²) in [4.78, 5) is 13.3. The van der Waals surface area contributed by atoms with E-state index in [9.17, 15) is 4.79 Å². The molecule has 15 heavy (non-hydrogen) atoms. The summed E-state index contributed by atoms with van der Waals surface area (Å²) in [5.41, 5.74) is 0. The normalized spacial score (nSPS) is 33.9. The van der Waals surface area contributed by atoms with Crippen molar-refractivity contribution in [3.05, 3.63) is 0 Å². The van der Waals surface area contributed by atoms with Gasteiger partial charge in [-0.1, -0.05) is 0 Å². The number of carbonyl (C=O) groups is 1. The summed E-state index contributed by atoms with van der Waals surface area (Å²) in [5, 5.41) is 9.14. The number of likely N-dealkylation sites (tertiary alicyclic amines) is 1. The fraction of sp³-hybridized carbons (Fsp3) is 0.909. The molecule has 86 valence electrons. The molecular formula is C11H19NO2S. The lowest BCUT2D eigenvalue weighted by atomic mass is 10.1. The van der Waals surface area contributed by atoms with Crippen LogP contribution in [0.25, 0.3) is 0 Å². The van der Waals surface area contributed by atoms with Gasteiger partial charge in [-0.3, -0.25) is 9.69 Å². The average Bonchev–Trinajstić information content (AvgIpc) is 2.55. The molecule has 0 saturated carbocycles. The van der Waals surface area contributed by atoms with Gasteiger partial charge in [0, 0.05) is 6.04 Å². The van der Waals surface area contributed by atoms with Crippen LogP contribution < -0.4 is 0 Å². The van der Waals surface area contributed by atoms with Crippen LogP contribution in [0, 0.1) is 0 Å². The van der Waals surface area contributed by atoms with Crippen molar-refractivity contribution in [1.82, 2.24) is 4.90 Å². The fourth-order valence-electron chi connectivity index (χ4n) is 2.71. The molecule has 3 nitrogen and oxygen atoms in total. The molecule has 4 heteroatoms. The molecule has 0 bridgehead atoms. The number of carboxylic acid groups (broad SMARTS) is 1. The van der Waals surface area contributed by atoms with Crippen molar-refractivity contribution in [3.8, 4) is 0 Å². The van der Waals surface area contributed by atoms with E-state index < -0.39 is 5.97 Å². The predicted molar refractivity (Wildman–Crippen MR) is 62.3 cm³/mol. The van der Waals surface area contributed by atoms with E-state index in [-0.39, 0.29) is 6.04 Å². The van der Waals surface area contributed by atoms with Gasteiger partial charge in [-0.05, 0) is 50.2 Å². The minimum atomic E-state index is -0.621. The van der Waals surface area contributed by atoms with Crippen molar-refractivity contribution < 1.29 is 9.90 Å². The van der Waals surface area contributed by atoms with Crippen LogP contribution in [0.4, 0.5) is 0 Å². The van der Waals surface area contributed by atoms with Crippen LogP contribution in [-0.4, -0.2) is 46.1 Å². The number of aliphatic carboxylic acids is 1. The van der Waals surface area contributed by atoms with Crippen molar-refractivity contribution >= 4 is 17.7 Å². The lowest BCUT2D eigenvalue weighted by Gasteiger charge is -2.30. The second-order valence-corrected chi connectivity index (χ2v) is 5.66. The highest BCUT2D eigenvalue weighted by Gasteiger charge is 2.35. The Balaban J connectivity index is 1.97. The Morgan fingerprint density at radius 3 is 2.87 bits per heavy atom. The monoisotopic (exact) mass is 229 g/mol. The zero-order chi connectivity index (χ0) is 10.7. The molecule has 2 fully saturated rings. The van der Waals surface area contributed by atoms with Gasteiger partial charge in [-0.15, -0.1) is 0 Å². The highest BCUT2D eigenvalue weighted by molar-refractivity contribution is 7.99. The maximum atomic E-state index is 11.1. The first-order chi connectivity index (χ1) is 7.29. The molecule has 0 radical (unpaired) electrons. The van der Waals surface area contributed by atoms with Crippen molar-refractivity contribution in [3.63, 3.8) is 0 Å². The molecule has 0 aromatic heterocycles. The van der Waals surface area contributed by atoms with Gasteiger partial charge in [0.05, 0.1) is 0 Å². The van der Waals surface area contributed by atoms with E-state index in [4.69, 9.17) is 5.11 Å². The molecule has 0 aliphatic carbocycles. The van der Waals surface area contributed by atoms with E-state index in [0.717, 1.165) is 19.4 Å². The molecule has 0 amide bonds. The van der Waals surface area contributed by atoms with Crippen molar-refractivity contribution in [1.29, 1.82) is 0 Å². The van der Waals surface area contributed by atoms with Crippen LogP contribution in [0.15, 0.2) is 0 Å². The highest BCUT2D eigenvalue weighted by atomic mass is 32.2. The summed E-state index contributed by atoms with van der Waals surface area (Å²) in [6.45, 7) is 0.992. The molecule has 2 heterocycles. The first kappa shape index (κ1) is 11.3. The highest BCUT2D eigenvalue weighted by Crippen LogP contribution is 2.27. The predicted octanol–water partition coefficient (Wildman–Crippen LogP) is 1.82. The van der Waals surface area contributed by atoms with Gasteiger partial charge in [0.1, 0.15) is 6.04 Å². The van der Waals surface area contributed by atoms with Crippen LogP contribution in [0.2, 0.25) is 0 Å². The van der Waals surface area contributed by atoms with Crippen LogP contribution in [0.5, 0.6) is 0 Å². The molecule has 2 unspecified atom stereocenters. The van der Waals surface area contributed by atoms with Gasteiger partial charge in [0.2, 0.25) is 0 Å². The Labute approximate surface area is 95.2 Å². The third-order valence-electron chi connectivity index (χ3n) is 3.47. The van der Waals surface area contributed by atoms with Crippen molar-refractivity contribution in [2.75, 3.05) is 18.1 Å². The molecule has 2 rings (SSSR count). The number of nitrogens with zero attached hydrogens (tertiary/aromatic N) is 1. The number of carboxylic acids is 1. The van der Waals surface area contributed by atoms with Gasteiger partial charge in [0.15, 0.2) is 0 Å². The largest absolute Gasteiger partial charge is 0.480 e. The smallest absolute Gasteiger partial charge is 0.320 e. The minimum absolute atomic E-state index is 0.196. The Morgan fingerprint density at radius 1 is 1.20 bits per heavy atom. The quantitative estimate of drug-likeness (QED) is 0.784. The summed E-state index contributed by atoms with van der Waals surface area (Å²) in [6.07, 6.45) is 5.52. The van der Waals surface area contributed by atoms with E-state index in [1.165, 1.54) is 30.8 Å². The number of thioether (sulfide) groups is 1. The van der Waals surface area contributed by atoms with Crippen LogP contribution in [-0.2, 0) is 4.79 Å². The summed E-state index contributed by atoms with van der Waals surface area (Å²) in [7, 11) is 0. The van der Waals surface area contributed by atoms with Gasteiger partial charge in [-0.2, -0.15) is 11.8 Å². The summed E-state index contributed by atoms with van der Waals surface area (Å²) < 4.78 is 0. The molecule has 1 N–H and O–H groups in total. The molecule has 0 aromatic rings. The molecular weight excluding hydrogens is 210 g/mol. The Bertz CT molecular complexity index is 227. The second kappa shape index (κ2) is 5.21. The van der Waals surface area contributed by atoms with Crippen LogP contribution in [0.1, 0.15) is 32.1 Å². The zero-order valence-corrected chi connectivity index (χ0v) is 9.84. The lowest BCUT2D eigenvalue weighted by molar-refractivity contribution is -0.143. The molecule has 2 aliphatic heterocycles. The van der Waals surface area contributed by atoms with E-state index in [1.807, 2.05) is 11.8 Å². The molecule has 0 aromatic carbocycles. The zero-order valence-electron chi connectivity index (χ0n) is 9.02. The lowest BCUT2D eigenvalue weighted by Crippen LogP contribution is -2.43. The number of hydrogen-bond acceptors (Lipinski definition) is 3. The first-order valence-electron chi connectivity index (χ1n) is 5.85. The van der Waals surface area contributed by atoms with E-state index in [0.29, 0.717) is 6.04 Å². The van der Waals surface area contributed by atoms with Gasteiger partial charge < -0.3 is 5.11 Å². The Kier molecular flexibility index (Phi) is 3.92. The standard InChI is InChI=1S/C11H19NO2S/c13-11(14)10-4-1-6-12(10)9-3-2-7-15-8-5-9/h9-10H,1-8H2,(H,13,14). The van der Waals surface area contributed by atoms with Crippen molar-refractivity contribution in [2.45, 2.75) is 44.2 Å². The van der Waals surface area contributed by atoms with E-state index in [2.05, 4.69) is 4.90 Å². The third kappa shape index (κ3) is 2.67. The minimum Gasteiger partial charge on any atom is -0.480 e. The topological polar surface area (TPSA) is 40.5 Å². The van der Waals surface area contributed by atoms with E-state index >= 15 is 0 Å². The average molecular weight is 229 g/mol. The molecule has 2 aliphatic rings. The molecule has 2 saturated heterocycles. The van der Waals surface area contributed by atoms with Crippen molar-refractivity contribution in [2.24, 2.45) is 0 Å². The maximum Gasteiger partial charge on any atom is 0.320 e. The summed E-state index contributed by atoms with van der Waals surface area (Å²) in [5.74, 6) is 1.83. The second-order valence-electron chi connectivity index (χ2n) is 4.43. The van der Waals surface area contributed by atoms with Crippen LogP contribution in [0.3, 0.4) is 0 Å². The van der Waals surface area contributed by atoms with E-state index in [1.54, 1.807) is 0 Å². The van der Waals surface area contributed by atoms with Crippen LogP contribution >= 0.6 is 11.8 Å². The fourth-order valence-corrected chi connectivity index (χ4v) is 3.72. The van der Waals surface area contributed by atoms with Gasteiger partial charge in [-0.25, -0.2) is 0 Å². The Hall–Kier alpha value is -0.220. The van der Waals surface area contributed by atoms with Gasteiger partial charge >= 0.3 is 5.97 Å². The van der Waals surface area contributed by atoms with Gasteiger partial charge in [0.25, 0.3) is 0 Å².